The zero-order valence-electron chi connectivity index (χ0n) is 16.6. The molecule has 0 aromatic heterocycles. The van der Waals surface area contributed by atoms with Gasteiger partial charge in [0.15, 0.2) is 0 Å². The van der Waals surface area contributed by atoms with Gasteiger partial charge in [0.2, 0.25) is 11.8 Å². The number of likely N-dealkylation sites (tertiary alicyclic amines) is 1. The summed E-state index contributed by atoms with van der Waals surface area (Å²) in [6, 6.07) is 10.9. The van der Waals surface area contributed by atoms with Crippen LogP contribution in [0.4, 0.5) is 0 Å². The Morgan fingerprint density at radius 3 is 2.71 bits per heavy atom. The maximum Gasteiger partial charge on any atom is 0.237 e. The Kier molecular flexibility index (Phi) is 6.27. The molecular formula is C22H32N4O2. The van der Waals surface area contributed by atoms with Gasteiger partial charge in [0, 0.05) is 51.2 Å². The van der Waals surface area contributed by atoms with Crippen molar-refractivity contribution in [3.8, 4) is 0 Å². The molecule has 0 spiro atoms. The summed E-state index contributed by atoms with van der Waals surface area (Å²) in [5, 5.41) is 6.68. The molecule has 0 bridgehead atoms. The van der Waals surface area contributed by atoms with Crippen LogP contribution in [0.15, 0.2) is 30.3 Å². The molecule has 0 radical (unpaired) electrons. The van der Waals surface area contributed by atoms with Gasteiger partial charge in [-0.2, -0.15) is 0 Å². The number of piperidine rings is 1. The topological polar surface area (TPSA) is 64.7 Å². The molecular weight excluding hydrogens is 352 g/mol. The lowest BCUT2D eigenvalue weighted by atomic mass is 10.0. The lowest BCUT2D eigenvalue weighted by molar-refractivity contribution is -0.133. The van der Waals surface area contributed by atoms with Gasteiger partial charge in [0.25, 0.3) is 0 Å². The van der Waals surface area contributed by atoms with Gasteiger partial charge in [0.1, 0.15) is 0 Å². The largest absolute Gasteiger partial charge is 0.353 e. The molecule has 4 rings (SSSR count). The summed E-state index contributed by atoms with van der Waals surface area (Å²) >= 11 is 0. The number of nitrogens with one attached hydrogen (secondary N) is 2. The minimum absolute atomic E-state index is 0.0582. The van der Waals surface area contributed by atoms with Crippen LogP contribution in [-0.2, 0) is 16.1 Å². The second-order valence-corrected chi connectivity index (χ2v) is 8.39. The zero-order valence-corrected chi connectivity index (χ0v) is 16.6. The highest BCUT2D eigenvalue weighted by Crippen LogP contribution is 2.26. The highest BCUT2D eigenvalue weighted by Gasteiger charge is 2.43. The van der Waals surface area contributed by atoms with Crippen molar-refractivity contribution in [2.24, 2.45) is 0 Å². The second-order valence-electron chi connectivity index (χ2n) is 8.39. The van der Waals surface area contributed by atoms with Crippen molar-refractivity contribution in [1.29, 1.82) is 0 Å². The van der Waals surface area contributed by atoms with Gasteiger partial charge >= 0.3 is 0 Å². The summed E-state index contributed by atoms with van der Waals surface area (Å²) in [5.74, 6) is 0.425. The summed E-state index contributed by atoms with van der Waals surface area (Å²) in [6.45, 7) is 4.20. The number of rotatable bonds is 6. The molecule has 152 valence electrons. The Bertz CT molecular complexity index is 674. The lowest BCUT2D eigenvalue weighted by Gasteiger charge is -2.37. The average Bonchev–Trinajstić information content (AvgIpc) is 3.18. The van der Waals surface area contributed by atoms with Crippen molar-refractivity contribution in [1.82, 2.24) is 20.4 Å². The fourth-order valence-corrected chi connectivity index (χ4v) is 4.84. The van der Waals surface area contributed by atoms with Crippen LogP contribution in [0.25, 0.3) is 0 Å². The summed E-state index contributed by atoms with van der Waals surface area (Å²) in [4.78, 5) is 29.3. The van der Waals surface area contributed by atoms with E-state index in [0.29, 0.717) is 19.0 Å². The van der Waals surface area contributed by atoms with Crippen molar-refractivity contribution < 1.29 is 9.59 Å². The van der Waals surface area contributed by atoms with E-state index in [1.165, 1.54) is 12.0 Å². The van der Waals surface area contributed by atoms with E-state index in [9.17, 15) is 9.59 Å². The predicted octanol–water partition coefficient (Wildman–Crippen LogP) is 1.51. The normalized spacial score (nSPS) is 28.1. The van der Waals surface area contributed by atoms with Gasteiger partial charge in [-0.3, -0.25) is 14.5 Å². The first-order chi connectivity index (χ1) is 13.7. The predicted molar refractivity (Wildman–Crippen MR) is 109 cm³/mol. The highest BCUT2D eigenvalue weighted by atomic mass is 16.2. The standard InChI is InChI=1S/C22H32N4O2/c27-21(25-11-5-2-6-12-25)10-9-19-15-24-22(28)20-13-18(16-26(19)20)23-14-17-7-3-1-4-8-17/h1,3-4,7-8,18-20,23H,2,5-6,9-16H2,(H,24,28). The van der Waals surface area contributed by atoms with Crippen LogP contribution in [0.1, 0.15) is 44.1 Å². The summed E-state index contributed by atoms with van der Waals surface area (Å²) in [7, 11) is 0. The molecule has 3 aliphatic rings. The Labute approximate surface area is 167 Å². The van der Waals surface area contributed by atoms with Crippen molar-refractivity contribution in [3.63, 3.8) is 0 Å². The lowest BCUT2D eigenvalue weighted by Crippen LogP contribution is -2.58. The number of hydrogen-bond acceptors (Lipinski definition) is 4. The highest BCUT2D eigenvalue weighted by molar-refractivity contribution is 5.83. The fourth-order valence-electron chi connectivity index (χ4n) is 4.84. The molecule has 6 nitrogen and oxygen atoms in total. The van der Waals surface area contributed by atoms with E-state index in [2.05, 4.69) is 39.8 Å². The number of piperazine rings is 1. The van der Waals surface area contributed by atoms with Crippen LogP contribution < -0.4 is 10.6 Å². The van der Waals surface area contributed by atoms with E-state index in [1.807, 2.05) is 11.0 Å². The quantitative estimate of drug-likeness (QED) is 0.780. The summed E-state index contributed by atoms with van der Waals surface area (Å²) in [6.07, 6.45) is 5.77. The molecule has 3 heterocycles. The van der Waals surface area contributed by atoms with E-state index in [1.54, 1.807) is 0 Å². The minimum Gasteiger partial charge on any atom is -0.353 e. The molecule has 3 fully saturated rings. The molecule has 6 heteroatoms. The summed E-state index contributed by atoms with van der Waals surface area (Å²) in [5.41, 5.74) is 1.26. The fraction of sp³-hybridized carbons (Fsp3) is 0.636. The smallest absolute Gasteiger partial charge is 0.237 e. The van der Waals surface area contributed by atoms with E-state index < -0.39 is 0 Å². The maximum absolute atomic E-state index is 12.5. The van der Waals surface area contributed by atoms with Crippen molar-refractivity contribution in [2.75, 3.05) is 26.2 Å². The summed E-state index contributed by atoms with van der Waals surface area (Å²) < 4.78 is 0. The number of amides is 2. The number of fused-ring (bicyclic) bond motifs is 1. The monoisotopic (exact) mass is 384 g/mol. The Balaban J connectivity index is 1.29. The van der Waals surface area contributed by atoms with E-state index in [0.717, 1.165) is 51.9 Å². The van der Waals surface area contributed by atoms with Crippen LogP contribution in [0, 0.1) is 0 Å². The van der Waals surface area contributed by atoms with Crippen LogP contribution in [0.5, 0.6) is 0 Å². The number of hydrogen-bond donors (Lipinski definition) is 2. The average molecular weight is 385 g/mol. The second kappa shape index (κ2) is 9.05. The molecule has 1 aromatic carbocycles. The molecule has 0 aliphatic carbocycles. The number of carbonyl (C=O) groups excluding carboxylic acids is 2. The van der Waals surface area contributed by atoms with Gasteiger partial charge in [-0.25, -0.2) is 0 Å². The first-order valence-electron chi connectivity index (χ1n) is 10.8. The van der Waals surface area contributed by atoms with Gasteiger partial charge < -0.3 is 15.5 Å². The van der Waals surface area contributed by atoms with E-state index >= 15 is 0 Å². The third-order valence-electron chi connectivity index (χ3n) is 6.46. The SMILES string of the molecule is O=C1NCC(CCC(=O)N2CCCCC2)N2CC(NCc3ccccc3)CC12. The van der Waals surface area contributed by atoms with Crippen LogP contribution >= 0.6 is 0 Å². The van der Waals surface area contributed by atoms with Crippen molar-refractivity contribution >= 4 is 11.8 Å². The van der Waals surface area contributed by atoms with Crippen LogP contribution in [-0.4, -0.2) is 65.9 Å². The van der Waals surface area contributed by atoms with Crippen LogP contribution in [0.3, 0.4) is 0 Å². The van der Waals surface area contributed by atoms with Gasteiger partial charge in [0.05, 0.1) is 6.04 Å². The number of benzene rings is 1. The Morgan fingerprint density at radius 1 is 1.14 bits per heavy atom. The van der Waals surface area contributed by atoms with Gasteiger partial charge in [-0.05, 0) is 37.7 Å². The maximum atomic E-state index is 12.5. The zero-order chi connectivity index (χ0) is 19.3. The van der Waals surface area contributed by atoms with Gasteiger partial charge in [-0.1, -0.05) is 30.3 Å². The van der Waals surface area contributed by atoms with E-state index in [-0.39, 0.29) is 23.9 Å². The first kappa shape index (κ1) is 19.4. The molecule has 28 heavy (non-hydrogen) atoms. The molecule has 3 saturated heterocycles. The molecule has 2 amide bonds. The Hall–Kier alpha value is -1.92. The molecule has 1 aromatic rings. The molecule has 3 atom stereocenters. The van der Waals surface area contributed by atoms with Crippen LogP contribution in [0.2, 0.25) is 0 Å². The Morgan fingerprint density at radius 2 is 1.93 bits per heavy atom. The molecule has 3 unspecified atom stereocenters. The van der Waals surface area contributed by atoms with Gasteiger partial charge in [-0.15, -0.1) is 0 Å². The third kappa shape index (κ3) is 4.55. The number of carbonyl (C=O) groups is 2. The third-order valence-corrected chi connectivity index (χ3v) is 6.46. The molecule has 0 saturated carbocycles. The van der Waals surface area contributed by atoms with E-state index in [4.69, 9.17) is 0 Å². The molecule has 2 N–H and O–H groups in total. The van der Waals surface area contributed by atoms with Crippen molar-refractivity contribution in [3.05, 3.63) is 35.9 Å². The minimum atomic E-state index is -0.0582. The first-order valence-corrected chi connectivity index (χ1v) is 10.8. The number of nitrogens with zero attached hydrogens (tertiary/aromatic N) is 2. The van der Waals surface area contributed by atoms with Crippen molar-refractivity contribution in [2.45, 2.75) is 63.2 Å². The molecule has 3 aliphatic heterocycles.